The number of hydrogen-bond acceptors (Lipinski definition) is 3. The molecule has 0 aliphatic carbocycles. The first-order valence-electron chi connectivity index (χ1n) is 6.55. The average Bonchev–Trinajstić information content (AvgIpc) is 2.95. The van der Waals surface area contributed by atoms with Crippen molar-refractivity contribution in [1.29, 1.82) is 0 Å². The number of carboxylic acid groups (broad SMARTS) is 1. The van der Waals surface area contributed by atoms with E-state index in [1.165, 1.54) is 4.90 Å². The van der Waals surface area contributed by atoms with Gasteiger partial charge in [0.1, 0.15) is 12.4 Å². The van der Waals surface area contributed by atoms with Gasteiger partial charge in [0.15, 0.2) is 0 Å². The molecule has 2 rings (SSSR count). The van der Waals surface area contributed by atoms with E-state index >= 15 is 0 Å². The minimum atomic E-state index is -0.866. The zero-order valence-corrected chi connectivity index (χ0v) is 11.4. The van der Waals surface area contributed by atoms with Gasteiger partial charge in [-0.1, -0.05) is 12.0 Å². The first-order chi connectivity index (χ1) is 10.1. The number of amides is 2. The first kappa shape index (κ1) is 14.7. The number of carbonyl (C=O) groups is 2. The Morgan fingerprint density at radius 2 is 2.33 bits per heavy atom. The summed E-state index contributed by atoms with van der Waals surface area (Å²) in [6, 6.07) is 6.56. The van der Waals surface area contributed by atoms with Crippen molar-refractivity contribution in [3.63, 3.8) is 0 Å². The monoisotopic (exact) mass is 288 g/mol. The van der Waals surface area contributed by atoms with Crippen molar-refractivity contribution in [2.24, 2.45) is 5.92 Å². The molecule has 1 atom stereocenters. The van der Waals surface area contributed by atoms with E-state index < -0.39 is 11.9 Å². The van der Waals surface area contributed by atoms with E-state index in [0.29, 0.717) is 24.4 Å². The van der Waals surface area contributed by atoms with Crippen LogP contribution in [0, 0.1) is 18.3 Å². The van der Waals surface area contributed by atoms with Crippen molar-refractivity contribution >= 4 is 17.7 Å². The van der Waals surface area contributed by atoms with Crippen LogP contribution < -0.4 is 10.1 Å². The van der Waals surface area contributed by atoms with Crippen LogP contribution in [0.4, 0.5) is 10.5 Å². The summed E-state index contributed by atoms with van der Waals surface area (Å²) in [7, 11) is 0. The van der Waals surface area contributed by atoms with Crippen LogP contribution in [0.1, 0.15) is 6.42 Å². The summed E-state index contributed by atoms with van der Waals surface area (Å²) in [5.74, 6) is 1.58. The Labute approximate surface area is 122 Å². The SMILES string of the molecule is C#CCOc1cccc(NC(=O)N2CCC(C(=O)O)C2)c1. The summed E-state index contributed by atoms with van der Waals surface area (Å²) in [6.07, 6.45) is 5.60. The lowest BCUT2D eigenvalue weighted by Crippen LogP contribution is -2.33. The Hall–Kier alpha value is -2.68. The van der Waals surface area contributed by atoms with Gasteiger partial charge in [-0.15, -0.1) is 6.42 Å². The van der Waals surface area contributed by atoms with E-state index in [-0.39, 0.29) is 19.2 Å². The lowest BCUT2D eigenvalue weighted by molar-refractivity contribution is -0.141. The number of nitrogens with zero attached hydrogens (tertiary/aromatic N) is 1. The van der Waals surface area contributed by atoms with Gasteiger partial charge in [0.25, 0.3) is 0 Å². The topological polar surface area (TPSA) is 78.9 Å². The highest BCUT2D eigenvalue weighted by molar-refractivity contribution is 5.90. The number of nitrogens with one attached hydrogen (secondary N) is 1. The van der Waals surface area contributed by atoms with E-state index in [4.69, 9.17) is 16.3 Å². The standard InChI is InChI=1S/C15H16N2O4/c1-2-8-21-13-5-3-4-12(9-13)16-15(20)17-7-6-11(10-17)14(18)19/h1,3-5,9,11H,6-8,10H2,(H,16,20)(H,18,19). The zero-order chi connectivity index (χ0) is 15.2. The zero-order valence-electron chi connectivity index (χ0n) is 11.4. The molecule has 6 nitrogen and oxygen atoms in total. The minimum Gasteiger partial charge on any atom is -0.481 e. The van der Waals surface area contributed by atoms with Gasteiger partial charge in [0.05, 0.1) is 5.92 Å². The van der Waals surface area contributed by atoms with Gasteiger partial charge < -0.3 is 20.1 Å². The molecule has 1 saturated heterocycles. The molecular weight excluding hydrogens is 272 g/mol. The lowest BCUT2D eigenvalue weighted by atomic mass is 10.1. The van der Waals surface area contributed by atoms with Crippen molar-refractivity contribution in [1.82, 2.24) is 4.90 Å². The van der Waals surface area contributed by atoms with E-state index in [2.05, 4.69) is 11.2 Å². The molecule has 1 aromatic carbocycles. The maximum atomic E-state index is 12.1. The fourth-order valence-electron chi connectivity index (χ4n) is 2.14. The number of anilines is 1. The number of urea groups is 1. The second-order valence-electron chi connectivity index (χ2n) is 4.72. The van der Waals surface area contributed by atoms with Crippen LogP contribution >= 0.6 is 0 Å². The van der Waals surface area contributed by atoms with Gasteiger partial charge in [-0.25, -0.2) is 4.79 Å². The number of aliphatic carboxylic acids is 1. The van der Waals surface area contributed by atoms with Crippen molar-refractivity contribution < 1.29 is 19.4 Å². The van der Waals surface area contributed by atoms with Crippen LogP contribution in [0.15, 0.2) is 24.3 Å². The Kier molecular flexibility index (Phi) is 4.67. The smallest absolute Gasteiger partial charge is 0.321 e. The van der Waals surface area contributed by atoms with E-state index in [1.54, 1.807) is 24.3 Å². The number of rotatable bonds is 4. The van der Waals surface area contributed by atoms with Crippen molar-refractivity contribution in [2.75, 3.05) is 25.0 Å². The third-order valence-corrected chi connectivity index (χ3v) is 3.23. The van der Waals surface area contributed by atoms with E-state index in [9.17, 15) is 9.59 Å². The second-order valence-corrected chi connectivity index (χ2v) is 4.72. The molecule has 1 aliphatic rings. The van der Waals surface area contributed by atoms with E-state index in [1.807, 2.05) is 0 Å². The molecule has 0 radical (unpaired) electrons. The molecule has 0 bridgehead atoms. The summed E-state index contributed by atoms with van der Waals surface area (Å²) >= 11 is 0. The number of benzene rings is 1. The van der Waals surface area contributed by atoms with Crippen LogP contribution in [-0.4, -0.2) is 41.7 Å². The maximum Gasteiger partial charge on any atom is 0.321 e. The molecule has 0 spiro atoms. The summed E-state index contributed by atoms with van der Waals surface area (Å²) in [4.78, 5) is 24.4. The number of likely N-dealkylation sites (tertiary alicyclic amines) is 1. The molecule has 0 saturated carbocycles. The number of ether oxygens (including phenoxy) is 1. The Bertz CT molecular complexity index is 579. The summed E-state index contributed by atoms with van der Waals surface area (Å²) in [5.41, 5.74) is 0.577. The predicted molar refractivity (Wildman–Crippen MR) is 77.1 cm³/mol. The van der Waals surface area contributed by atoms with Crippen LogP contribution in [0.3, 0.4) is 0 Å². The largest absolute Gasteiger partial charge is 0.481 e. The second kappa shape index (κ2) is 6.66. The van der Waals surface area contributed by atoms with Crippen molar-refractivity contribution in [2.45, 2.75) is 6.42 Å². The molecular formula is C15H16N2O4. The fourth-order valence-corrected chi connectivity index (χ4v) is 2.14. The van der Waals surface area contributed by atoms with Crippen LogP contribution in [0.5, 0.6) is 5.75 Å². The van der Waals surface area contributed by atoms with Gasteiger partial charge in [-0.05, 0) is 18.6 Å². The number of terminal acetylenes is 1. The molecule has 1 unspecified atom stereocenters. The summed E-state index contributed by atoms with van der Waals surface area (Å²) < 4.78 is 5.27. The van der Waals surface area contributed by atoms with Gasteiger partial charge in [-0.2, -0.15) is 0 Å². The molecule has 2 N–H and O–H groups in total. The van der Waals surface area contributed by atoms with E-state index in [0.717, 1.165) is 0 Å². The lowest BCUT2D eigenvalue weighted by Gasteiger charge is -2.17. The maximum absolute atomic E-state index is 12.1. The summed E-state index contributed by atoms with van der Waals surface area (Å²) in [5, 5.41) is 11.7. The quantitative estimate of drug-likeness (QED) is 0.825. The number of carbonyl (C=O) groups excluding carboxylic acids is 1. The van der Waals surface area contributed by atoms with Crippen LogP contribution in [0.25, 0.3) is 0 Å². The minimum absolute atomic E-state index is 0.157. The van der Waals surface area contributed by atoms with Crippen molar-refractivity contribution in [3.05, 3.63) is 24.3 Å². The highest BCUT2D eigenvalue weighted by atomic mass is 16.5. The molecule has 1 heterocycles. The van der Waals surface area contributed by atoms with Crippen LogP contribution in [-0.2, 0) is 4.79 Å². The highest BCUT2D eigenvalue weighted by Gasteiger charge is 2.30. The fraction of sp³-hybridized carbons (Fsp3) is 0.333. The molecule has 0 aromatic heterocycles. The highest BCUT2D eigenvalue weighted by Crippen LogP contribution is 2.20. The first-order valence-corrected chi connectivity index (χ1v) is 6.55. The number of hydrogen-bond donors (Lipinski definition) is 2. The van der Waals surface area contributed by atoms with Gasteiger partial charge in [0, 0.05) is 24.8 Å². The predicted octanol–water partition coefficient (Wildman–Crippen LogP) is 1.64. The molecule has 6 heteroatoms. The van der Waals surface area contributed by atoms with Crippen molar-refractivity contribution in [3.8, 4) is 18.1 Å². The summed E-state index contributed by atoms with van der Waals surface area (Å²) in [6.45, 7) is 0.828. The average molecular weight is 288 g/mol. The van der Waals surface area contributed by atoms with Gasteiger partial charge in [-0.3, -0.25) is 4.79 Å². The third kappa shape index (κ3) is 3.89. The van der Waals surface area contributed by atoms with Gasteiger partial charge >= 0.3 is 12.0 Å². The molecule has 2 amide bonds. The molecule has 21 heavy (non-hydrogen) atoms. The molecule has 1 fully saturated rings. The number of carboxylic acids is 1. The Morgan fingerprint density at radius 3 is 3.00 bits per heavy atom. The van der Waals surface area contributed by atoms with Crippen LogP contribution in [0.2, 0.25) is 0 Å². The van der Waals surface area contributed by atoms with Gasteiger partial charge in [0.2, 0.25) is 0 Å². The molecule has 110 valence electrons. The molecule has 1 aromatic rings. The normalized spacial score (nSPS) is 17.1. The Balaban J connectivity index is 1.94. The third-order valence-electron chi connectivity index (χ3n) is 3.23. The molecule has 1 aliphatic heterocycles. The Morgan fingerprint density at radius 1 is 1.52 bits per heavy atom.